The van der Waals surface area contributed by atoms with E-state index in [9.17, 15) is 5.11 Å². The molecule has 4 rings (SSSR count). The van der Waals surface area contributed by atoms with Crippen LogP contribution < -0.4 is 14.4 Å². The Hall–Kier alpha value is -3.91. The number of aliphatic imine (C=N–C) groups is 1. The lowest BCUT2D eigenvalue weighted by atomic mass is 9.95. The maximum absolute atomic E-state index is 10.2. The summed E-state index contributed by atoms with van der Waals surface area (Å²) in [5.41, 5.74) is 6.30. The Balaban J connectivity index is 1.69. The highest BCUT2D eigenvalue weighted by Crippen LogP contribution is 2.34. The van der Waals surface area contributed by atoms with Gasteiger partial charge in [-0.2, -0.15) is 0 Å². The molecule has 0 fully saturated rings. The minimum absolute atomic E-state index is 0.125. The first-order valence-corrected chi connectivity index (χ1v) is 11.0. The molecule has 1 aliphatic rings. The van der Waals surface area contributed by atoms with E-state index in [0.717, 1.165) is 28.1 Å². The Labute approximate surface area is 195 Å². The number of hydrogen-bond donors (Lipinski definition) is 1. The number of phenolic OH excluding ortho intramolecular Hbond substituents is 1. The Morgan fingerprint density at radius 2 is 1.88 bits per heavy atom. The first-order chi connectivity index (χ1) is 16.0. The fourth-order valence-electron chi connectivity index (χ4n) is 3.97. The Morgan fingerprint density at radius 1 is 1.09 bits per heavy atom. The van der Waals surface area contributed by atoms with Crippen LogP contribution >= 0.6 is 0 Å². The molecule has 0 bridgehead atoms. The molecular formula is C28H28N2O3. The number of hydrogen-bond acceptors (Lipinski definition) is 5. The fraction of sp³-hybridized carbons (Fsp3) is 0.250. The topological polar surface area (TPSA) is 54.3 Å². The smallest absolute Gasteiger partial charge is 0.160 e. The van der Waals surface area contributed by atoms with Crippen molar-refractivity contribution in [3.63, 3.8) is 0 Å². The summed E-state index contributed by atoms with van der Waals surface area (Å²) in [5, 5.41) is 10.2. The quantitative estimate of drug-likeness (QED) is 0.503. The van der Waals surface area contributed by atoms with E-state index in [4.69, 9.17) is 20.9 Å². The third kappa shape index (κ3) is 4.80. The summed E-state index contributed by atoms with van der Waals surface area (Å²) in [4.78, 5) is 7.10. The molecule has 0 amide bonds. The molecule has 1 heterocycles. The maximum atomic E-state index is 10.2. The van der Waals surface area contributed by atoms with Crippen molar-refractivity contribution < 1.29 is 14.6 Å². The summed E-state index contributed by atoms with van der Waals surface area (Å²) in [5.74, 6) is 4.28. The van der Waals surface area contributed by atoms with Crippen LogP contribution in [0, 0.1) is 12.3 Å². The molecule has 0 radical (unpaired) electrons. The SMILES string of the molecule is C#CCOc1ccc2c(c1)C(c1ccc(C(C)C)cc1)=NCN2Cc1ccc(OC)c(O)c1. The molecule has 0 unspecified atom stereocenters. The van der Waals surface area contributed by atoms with Gasteiger partial charge in [0.2, 0.25) is 0 Å². The highest BCUT2D eigenvalue weighted by molar-refractivity contribution is 6.17. The first kappa shape index (κ1) is 22.3. The monoisotopic (exact) mass is 440 g/mol. The van der Waals surface area contributed by atoms with Gasteiger partial charge in [-0.3, -0.25) is 4.99 Å². The maximum Gasteiger partial charge on any atom is 0.160 e. The van der Waals surface area contributed by atoms with Crippen LogP contribution in [0.25, 0.3) is 0 Å². The summed E-state index contributed by atoms with van der Waals surface area (Å²) >= 11 is 0. The van der Waals surface area contributed by atoms with E-state index in [1.165, 1.54) is 5.56 Å². The number of phenols is 1. The molecule has 1 N–H and O–H groups in total. The van der Waals surface area contributed by atoms with Gasteiger partial charge in [-0.15, -0.1) is 6.42 Å². The van der Waals surface area contributed by atoms with Gasteiger partial charge >= 0.3 is 0 Å². The molecule has 0 aliphatic carbocycles. The number of aromatic hydroxyl groups is 1. The Bertz CT molecular complexity index is 1210. The molecule has 0 spiro atoms. The van der Waals surface area contributed by atoms with E-state index in [-0.39, 0.29) is 12.4 Å². The van der Waals surface area contributed by atoms with Crippen molar-refractivity contribution in [2.24, 2.45) is 4.99 Å². The van der Waals surface area contributed by atoms with E-state index in [1.807, 2.05) is 24.3 Å². The zero-order valence-electron chi connectivity index (χ0n) is 19.2. The molecule has 3 aromatic rings. The van der Waals surface area contributed by atoms with Crippen LogP contribution in [0.3, 0.4) is 0 Å². The summed E-state index contributed by atoms with van der Waals surface area (Å²) in [7, 11) is 1.54. The lowest BCUT2D eigenvalue weighted by Crippen LogP contribution is -2.29. The molecule has 1 aliphatic heterocycles. The van der Waals surface area contributed by atoms with Crippen molar-refractivity contribution in [1.82, 2.24) is 0 Å². The van der Waals surface area contributed by atoms with Crippen LogP contribution in [0.2, 0.25) is 0 Å². The van der Waals surface area contributed by atoms with Gasteiger partial charge in [-0.25, -0.2) is 0 Å². The second-order valence-corrected chi connectivity index (χ2v) is 8.30. The third-order valence-corrected chi connectivity index (χ3v) is 5.75. The minimum Gasteiger partial charge on any atom is -0.504 e. The number of terminal acetylenes is 1. The van der Waals surface area contributed by atoms with Crippen LogP contribution in [-0.4, -0.2) is 31.2 Å². The number of methoxy groups -OCH3 is 1. The highest BCUT2D eigenvalue weighted by Gasteiger charge is 2.23. The van der Waals surface area contributed by atoms with Crippen molar-refractivity contribution >= 4 is 11.4 Å². The van der Waals surface area contributed by atoms with Gasteiger partial charge in [0, 0.05) is 23.4 Å². The minimum atomic E-state index is 0.125. The van der Waals surface area contributed by atoms with Crippen molar-refractivity contribution in [3.05, 3.63) is 82.9 Å². The summed E-state index contributed by atoms with van der Waals surface area (Å²) in [6, 6.07) is 20.0. The zero-order chi connectivity index (χ0) is 23.4. The normalized spacial score (nSPS) is 12.7. The van der Waals surface area contributed by atoms with E-state index in [2.05, 4.69) is 48.9 Å². The van der Waals surface area contributed by atoms with E-state index in [1.54, 1.807) is 19.2 Å². The second kappa shape index (κ2) is 9.70. The molecule has 33 heavy (non-hydrogen) atoms. The van der Waals surface area contributed by atoms with Crippen molar-refractivity contribution in [3.8, 4) is 29.6 Å². The predicted molar refractivity (Wildman–Crippen MR) is 133 cm³/mol. The molecule has 0 atom stereocenters. The summed E-state index contributed by atoms with van der Waals surface area (Å²) in [6.07, 6.45) is 5.38. The van der Waals surface area contributed by atoms with Gasteiger partial charge in [0.1, 0.15) is 19.0 Å². The number of ether oxygens (including phenoxy) is 2. The van der Waals surface area contributed by atoms with Crippen molar-refractivity contribution in [2.45, 2.75) is 26.3 Å². The fourth-order valence-corrected chi connectivity index (χ4v) is 3.97. The molecular weight excluding hydrogens is 412 g/mol. The molecule has 0 saturated heterocycles. The van der Waals surface area contributed by atoms with Gasteiger partial charge in [0.05, 0.1) is 12.8 Å². The van der Waals surface area contributed by atoms with Crippen LogP contribution in [0.15, 0.2) is 65.7 Å². The van der Waals surface area contributed by atoms with E-state index < -0.39 is 0 Å². The number of fused-ring (bicyclic) bond motifs is 1. The largest absolute Gasteiger partial charge is 0.504 e. The average Bonchev–Trinajstić information content (AvgIpc) is 2.83. The second-order valence-electron chi connectivity index (χ2n) is 8.30. The van der Waals surface area contributed by atoms with Crippen molar-refractivity contribution in [1.29, 1.82) is 0 Å². The molecule has 0 aromatic heterocycles. The molecule has 168 valence electrons. The molecule has 5 nitrogen and oxygen atoms in total. The van der Waals surface area contributed by atoms with Crippen LogP contribution in [0.4, 0.5) is 5.69 Å². The van der Waals surface area contributed by atoms with Crippen LogP contribution in [0.5, 0.6) is 17.2 Å². The van der Waals surface area contributed by atoms with E-state index in [0.29, 0.717) is 30.6 Å². The number of benzene rings is 3. The van der Waals surface area contributed by atoms with Gasteiger partial charge in [0.25, 0.3) is 0 Å². The molecule has 3 aromatic carbocycles. The van der Waals surface area contributed by atoms with Crippen molar-refractivity contribution in [2.75, 3.05) is 25.3 Å². The molecule has 5 heteroatoms. The number of rotatable bonds is 7. The molecule has 0 saturated carbocycles. The lowest BCUT2D eigenvalue weighted by molar-refractivity contribution is 0.370. The third-order valence-electron chi connectivity index (χ3n) is 5.75. The Kier molecular flexibility index (Phi) is 6.55. The average molecular weight is 441 g/mol. The van der Waals surface area contributed by atoms with Crippen LogP contribution in [-0.2, 0) is 6.54 Å². The Morgan fingerprint density at radius 3 is 2.55 bits per heavy atom. The summed E-state index contributed by atoms with van der Waals surface area (Å²) in [6.45, 7) is 5.69. The summed E-state index contributed by atoms with van der Waals surface area (Å²) < 4.78 is 10.9. The number of anilines is 1. The van der Waals surface area contributed by atoms with Gasteiger partial charge in [0.15, 0.2) is 11.5 Å². The first-order valence-electron chi connectivity index (χ1n) is 11.0. The van der Waals surface area contributed by atoms with E-state index >= 15 is 0 Å². The predicted octanol–water partition coefficient (Wildman–Crippen LogP) is 5.35. The van der Waals surface area contributed by atoms with Gasteiger partial charge < -0.3 is 19.5 Å². The highest BCUT2D eigenvalue weighted by atomic mass is 16.5. The van der Waals surface area contributed by atoms with Gasteiger partial charge in [-0.05, 0) is 47.4 Å². The standard InChI is InChI=1S/C28H28N2O3/c1-5-14-33-23-11-12-25-24(16-23)28(22-9-7-21(8-10-22)19(2)3)29-18-30(25)17-20-6-13-27(32-4)26(31)15-20/h1,6-13,15-16,19,31H,14,17-18H2,2-4H3. The van der Waals surface area contributed by atoms with Gasteiger partial charge in [-0.1, -0.05) is 50.1 Å². The number of nitrogens with zero attached hydrogens (tertiary/aromatic N) is 2. The van der Waals surface area contributed by atoms with Crippen LogP contribution in [0.1, 0.15) is 42.0 Å². The zero-order valence-corrected chi connectivity index (χ0v) is 19.2. The lowest BCUT2D eigenvalue weighted by Gasteiger charge is -2.31.